The van der Waals surface area contributed by atoms with Crippen LogP contribution in [0.1, 0.15) is 49.6 Å². The number of hydrogen-bond acceptors (Lipinski definition) is 4. The number of aromatic nitrogens is 1. The lowest BCUT2D eigenvalue weighted by atomic mass is 9.74. The zero-order valence-electron chi connectivity index (χ0n) is 12.6. The molecule has 1 aliphatic carbocycles. The van der Waals surface area contributed by atoms with Gasteiger partial charge >= 0.3 is 5.97 Å². The van der Waals surface area contributed by atoms with Crippen molar-refractivity contribution in [2.24, 2.45) is 0 Å². The summed E-state index contributed by atoms with van der Waals surface area (Å²) < 4.78 is 6.54. The molecule has 0 spiro atoms. The van der Waals surface area contributed by atoms with Gasteiger partial charge < -0.3 is 4.74 Å². The van der Waals surface area contributed by atoms with Crippen LogP contribution < -0.4 is 0 Å². The van der Waals surface area contributed by atoms with Gasteiger partial charge in [0.2, 0.25) is 0 Å². The van der Waals surface area contributed by atoms with Gasteiger partial charge in [-0.25, -0.2) is 4.98 Å². The summed E-state index contributed by atoms with van der Waals surface area (Å²) in [5, 5.41) is 0.946. The van der Waals surface area contributed by atoms with Gasteiger partial charge in [0.1, 0.15) is 10.4 Å². The highest BCUT2D eigenvalue weighted by molar-refractivity contribution is 7.18. The Morgan fingerprint density at radius 3 is 2.81 bits per heavy atom. The summed E-state index contributed by atoms with van der Waals surface area (Å²) in [6.07, 6.45) is 5.09. The maximum atomic E-state index is 12.6. The normalized spacial score (nSPS) is 17.8. The Balaban J connectivity index is 2.07. The fourth-order valence-electron chi connectivity index (χ4n) is 3.17. The molecule has 1 heterocycles. The molecule has 0 amide bonds. The number of thiazole rings is 1. The average molecular weight is 303 g/mol. The SMILES string of the molecule is CCOC(=O)C1(c2nc3cc(C)ccc3s2)CCCCC1. The molecule has 2 aromatic rings. The second kappa shape index (κ2) is 5.76. The van der Waals surface area contributed by atoms with Crippen molar-refractivity contribution in [1.82, 2.24) is 4.98 Å². The van der Waals surface area contributed by atoms with E-state index >= 15 is 0 Å². The molecule has 0 N–H and O–H groups in total. The number of fused-ring (bicyclic) bond motifs is 1. The van der Waals surface area contributed by atoms with E-state index in [0.29, 0.717) is 6.61 Å². The Hall–Kier alpha value is -1.42. The van der Waals surface area contributed by atoms with Crippen LogP contribution in [0.4, 0.5) is 0 Å². The molecule has 1 fully saturated rings. The first kappa shape index (κ1) is 14.5. The molecular weight excluding hydrogens is 282 g/mol. The Bertz CT molecular complexity index is 656. The van der Waals surface area contributed by atoms with Crippen molar-refractivity contribution in [1.29, 1.82) is 0 Å². The van der Waals surface area contributed by atoms with Crippen LogP contribution in [0.25, 0.3) is 10.2 Å². The average Bonchev–Trinajstić information content (AvgIpc) is 2.91. The zero-order chi connectivity index (χ0) is 14.9. The van der Waals surface area contributed by atoms with E-state index in [2.05, 4.69) is 25.1 Å². The van der Waals surface area contributed by atoms with Crippen molar-refractivity contribution in [3.8, 4) is 0 Å². The quantitative estimate of drug-likeness (QED) is 0.790. The topological polar surface area (TPSA) is 39.2 Å². The number of ether oxygens (including phenoxy) is 1. The number of hydrogen-bond donors (Lipinski definition) is 0. The molecule has 4 heteroatoms. The molecule has 0 bridgehead atoms. The zero-order valence-corrected chi connectivity index (χ0v) is 13.5. The predicted octanol–water partition coefficient (Wildman–Crippen LogP) is 4.37. The summed E-state index contributed by atoms with van der Waals surface area (Å²) in [5.41, 5.74) is 1.70. The van der Waals surface area contributed by atoms with Crippen molar-refractivity contribution in [2.75, 3.05) is 6.61 Å². The van der Waals surface area contributed by atoms with Crippen molar-refractivity contribution in [3.05, 3.63) is 28.8 Å². The maximum Gasteiger partial charge on any atom is 0.319 e. The van der Waals surface area contributed by atoms with Crippen LogP contribution in [0.2, 0.25) is 0 Å². The second-order valence-electron chi connectivity index (χ2n) is 5.85. The van der Waals surface area contributed by atoms with Crippen molar-refractivity contribution in [3.63, 3.8) is 0 Å². The van der Waals surface area contributed by atoms with Crippen LogP contribution in [0.15, 0.2) is 18.2 Å². The van der Waals surface area contributed by atoms with E-state index in [-0.39, 0.29) is 5.97 Å². The van der Waals surface area contributed by atoms with Gasteiger partial charge in [0.25, 0.3) is 0 Å². The van der Waals surface area contributed by atoms with Crippen LogP contribution in [-0.2, 0) is 14.9 Å². The van der Waals surface area contributed by atoms with Crippen LogP contribution in [0.3, 0.4) is 0 Å². The minimum atomic E-state index is -0.508. The fourth-order valence-corrected chi connectivity index (χ4v) is 4.35. The Morgan fingerprint density at radius 1 is 1.33 bits per heavy atom. The fraction of sp³-hybridized carbons (Fsp3) is 0.529. The predicted molar refractivity (Wildman–Crippen MR) is 85.8 cm³/mol. The minimum absolute atomic E-state index is 0.0829. The molecule has 0 radical (unpaired) electrons. The molecule has 0 atom stereocenters. The van der Waals surface area contributed by atoms with E-state index in [0.717, 1.165) is 40.9 Å². The second-order valence-corrected chi connectivity index (χ2v) is 6.88. The van der Waals surface area contributed by atoms with Gasteiger partial charge in [-0.05, 0) is 44.4 Å². The van der Waals surface area contributed by atoms with Gasteiger partial charge in [-0.3, -0.25) is 4.79 Å². The molecule has 1 saturated carbocycles. The largest absolute Gasteiger partial charge is 0.465 e. The van der Waals surface area contributed by atoms with Gasteiger partial charge in [-0.15, -0.1) is 11.3 Å². The number of benzene rings is 1. The summed E-state index contributed by atoms with van der Waals surface area (Å²) in [6, 6.07) is 6.30. The Morgan fingerprint density at radius 2 is 2.10 bits per heavy atom. The molecule has 112 valence electrons. The highest BCUT2D eigenvalue weighted by atomic mass is 32.1. The molecule has 1 aromatic heterocycles. The van der Waals surface area contributed by atoms with Crippen LogP contribution in [0.5, 0.6) is 0 Å². The lowest BCUT2D eigenvalue weighted by Crippen LogP contribution is -2.39. The summed E-state index contributed by atoms with van der Waals surface area (Å²) in [4.78, 5) is 17.4. The van der Waals surface area contributed by atoms with Gasteiger partial charge in [0.15, 0.2) is 0 Å². The van der Waals surface area contributed by atoms with E-state index in [1.807, 2.05) is 6.92 Å². The lowest BCUT2D eigenvalue weighted by molar-refractivity contribution is -0.151. The first-order chi connectivity index (χ1) is 10.2. The molecule has 3 nitrogen and oxygen atoms in total. The highest BCUT2D eigenvalue weighted by Gasteiger charge is 2.45. The van der Waals surface area contributed by atoms with Gasteiger partial charge in [-0.1, -0.05) is 25.3 Å². The van der Waals surface area contributed by atoms with E-state index < -0.39 is 5.41 Å². The summed E-state index contributed by atoms with van der Waals surface area (Å²) in [5.74, 6) is -0.0829. The number of rotatable bonds is 3. The maximum absolute atomic E-state index is 12.6. The first-order valence-electron chi connectivity index (χ1n) is 7.70. The van der Waals surface area contributed by atoms with Gasteiger partial charge in [0.05, 0.1) is 16.8 Å². The van der Waals surface area contributed by atoms with Gasteiger partial charge in [0, 0.05) is 0 Å². The Kier molecular flexibility index (Phi) is 3.98. The van der Waals surface area contributed by atoms with E-state index in [1.54, 1.807) is 11.3 Å². The number of aryl methyl sites for hydroxylation is 1. The molecule has 1 aromatic carbocycles. The first-order valence-corrected chi connectivity index (χ1v) is 8.52. The molecule has 0 unspecified atom stereocenters. The third-order valence-corrected chi connectivity index (χ3v) is 5.57. The summed E-state index contributed by atoms with van der Waals surface area (Å²) in [6.45, 7) is 4.38. The molecule has 1 aliphatic rings. The lowest BCUT2D eigenvalue weighted by Gasteiger charge is -2.32. The molecule has 0 aliphatic heterocycles. The third-order valence-electron chi connectivity index (χ3n) is 4.33. The summed E-state index contributed by atoms with van der Waals surface area (Å²) in [7, 11) is 0. The summed E-state index contributed by atoms with van der Waals surface area (Å²) >= 11 is 1.65. The molecule has 0 saturated heterocycles. The van der Waals surface area contributed by atoms with Crippen molar-refractivity contribution >= 4 is 27.5 Å². The van der Waals surface area contributed by atoms with Crippen LogP contribution in [-0.4, -0.2) is 17.6 Å². The minimum Gasteiger partial charge on any atom is -0.465 e. The van der Waals surface area contributed by atoms with Crippen LogP contribution >= 0.6 is 11.3 Å². The highest BCUT2D eigenvalue weighted by Crippen LogP contribution is 2.43. The molecular formula is C17H21NO2S. The van der Waals surface area contributed by atoms with Crippen LogP contribution in [0, 0.1) is 6.92 Å². The molecule has 21 heavy (non-hydrogen) atoms. The number of nitrogens with zero attached hydrogens (tertiary/aromatic N) is 1. The van der Waals surface area contributed by atoms with Crippen molar-refractivity contribution < 1.29 is 9.53 Å². The van der Waals surface area contributed by atoms with Crippen molar-refractivity contribution in [2.45, 2.75) is 51.4 Å². The van der Waals surface area contributed by atoms with E-state index in [4.69, 9.17) is 9.72 Å². The standard InChI is InChI=1S/C17H21NO2S/c1-3-20-16(19)17(9-5-4-6-10-17)15-18-13-11-12(2)7-8-14(13)21-15/h7-8,11H,3-6,9-10H2,1-2H3. The van der Waals surface area contributed by atoms with E-state index in [1.165, 1.54) is 12.0 Å². The smallest absolute Gasteiger partial charge is 0.319 e. The van der Waals surface area contributed by atoms with Gasteiger partial charge in [-0.2, -0.15) is 0 Å². The number of esters is 1. The monoisotopic (exact) mass is 303 g/mol. The van der Waals surface area contributed by atoms with E-state index in [9.17, 15) is 4.79 Å². The Labute approximate surface area is 129 Å². The number of carbonyl (C=O) groups excluding carboxylic acids is 1. The number of carbonyl (C=O) groups is 1. The molecule has 3 rings (SSSR count). The third kappa shape index (κ3) is 2.57.